The lowest BCUT2D eigenvalue weighted by Gasteiger charge is -2.18. The van der Waals surface area contributed by atoms with E-state index in [-0.39, 0.29) is 11.9 Å². The van der Waals surface area contributed by atoms with Crippen LogP contribution in [-0.2, 0) is 0 Å². The van der Waals surface area contributed by atoms with Crippen molar-refractivity contribution in [3.05, 3.63) is 58.8 Å². The highest BCUT2D eigenvalue weighted by Crippen LogP contribution is 2.22. The first-order chi connectivity index (χ1) is 8.22. The molecule has 0 aliphatic rings. The molecule has 2 rings (SSSR count). The van der Waals surface area contributed by atoms with Crippen molar-refractivity contribution in [3.8, 4) is 0 Å². The van der Waals surface area contributed by atoms with Crippen molar-refractivity contribution in [1.82, 2.24) is 4.57 Å². The maximum absolute atomic E-state index is 8.87. The van der Waals surface area contributed by atoms with Crippen LogP contribution < -0.4 is 5.73 Å². The van der Waals surface area contributed by atoms with Crippen molar-refractivity contribution in [2.75, 3.05) is 0 Å². The van der Waals surface area contributed by atoms with Crippen LogP contribution in [0.2, 0.25) is 0 Å². The molecule has 0 bridgehead atoms. The molecule has 88 valence electrons. The number of benzene rings is 1. The van der Waals surface area contributed by atoms with Gasteiger partial charge in [0.25, 0.3) is 0 Å². The fraction of sp³-hybridized carbons (Fsp3) is 0.0833. The number of nitrogens with two attached hydrogens (primary N) is 1. The minimum Gasteiger partial charge on any atom is -0.409 e. The van der Waals surface area contributed by atoms with E-state index >= 15 is 0 Å². The van der Waals surface area contributed by atoms with Crippen molar-refractivity contribution in [3.63, 3.8) is 0 Å². The first-order valence-electron chi connectivity index (χ1n) is 5.07. The number of nitrogens with zero attached hydrogens (tertiary/aromatic N) is 2. The van der Waals surface area contributed by atoms with Crippen LogP contribution in [0, 0.1) is 0 Å². The highest BCUT2D eigenvalue weighted by Gasteiger charge is 2.17. The van der Waals surface area contributed by atoms with Crippen LogP contribution in [0.1, 0.15) is 11.6 Å². The van der Waals surface area contributed by atoms with E-state index in [1.807, 2.05) is 53.4 Å². The summed E-state index contributed by atoms with van der Waals surface area (Å²) in [5.41, 5.74) is 6.70. The summed E-state index contributed by atoms with van der Waals surface area (Å²) < 4.78 is 2.84. The third kappa shape index (κ3) is 2.50. The molecule has 1 atom stereocenters. The Kier molecular flexibility index (Phi) is 3.49. The molecule has 0 aliphatic carbocycles. The highest BCUT2D eigenvalue weighted by molar-refractivity contribution is 9.10. The van der Waals surface area contributed by atoms with E-state index in [9.17, 15) is 0 Å². The van der Waals surface area contributed by atoms with E-state index in [1.165, 1.54) is 0 Å². The molecule has 3 N–H and O–H groups in total. The van der Waals surface area contributed by atoms with Crippen LogP contribution in [-0.4, -0.2) is 15.6 Å². The summed E-state index contributed by atoms with van der Waals surface area (Å²) in [6.45, 7) is 0. The molecule has 1 aromatic heterocycles. The average molecular weight is 294 g/mol. The number of hydrogen-bond donors (Lipinski definition) is 2. The molecular formula is C12H12BrN3O. The smallest absolute Gasteiger partial charge is 0.166 e. The number of hydrogen-bond acceptors (Lipinski definition) is 2. The van der Waals surface area contributed by atoms with Crippen LogP contribution in [0.5, 0.6) is 0 Å². The minimum absolute atomic E-state index is 0.152. The number of halogens is 1. The van der Waals surface area contributed by atoms with Gasteiger partial charge in [-0.25, -0.2) is 0 Å². The number of rotatable bonds is 3. The molecule has 0 radical (unpaired) electrons. The van der Waals surface area contributed by atoms with Crippen LogP contribution in [0.4, 0.5) is 0 Å². The molecule has 17 heavy (non-hydrogen) atoms. The van der Waals surface area contributed by atoms with E-state index < -0.39 is 0 Å². The van der Waals surface area contributed by atoms with Gasteiger partial charge in [0.15, 0.2) is 5.84 Å². The Morgan fingerprint density at radius 3 is 2.59 bits per heavy atom. The van der Waals surface area contributed by atoms with Gasteiger partial charge >= 0.3 is 0 Å². The quantitative estimate of drug-likeness (QED) is 0.395. The van der Waals surface area contributed by atoms with E-state index in [4.69, 9.17) is 10.9 Å². The van der Waals surface area contributed by atoms with E-state index in [0.717, 1.165) is 10.0 Å². The van der Waals surface area contributed by atoms with Crippen LogP contribution in [0.15, 0.2) is 58.4 Å². The summed E-state index contributed by atoms with van der Waals surface area (Å²) in [5, 5.41) is 12.0. The van der Waals surface area contributed by atoms with Crippen molar-refractivity contribution >= 4 is 21.8 Å². The lowest BCUT2D eigenvalue weighted by molar-refractivity contribution is 0.315. The van der Waals surface area contributed by atoms with Crippen molar-refractivity contribution in [2.24, 2.45) is 10.9 Å². The molecule has 0 aliphatic heterocycles. The molecule has 1 heterocycles. The molecular weight excluding hydrogens is 282 g/mol. The Balaban J connectivity index is 2.48. The van der Waals surface area contributed by atoms with Gasteiger partial charge in [-0.2, -0.15) is 0 Å². The summed E-state index contributed by atoms with van der Waals surface area (Å²) in [6, 6.07) is 11.2. The average Bonchev–Trinajstić information content (AvgIpc) is 2.83. The number of aromatic nitrogens is 1. The summed E-state index contributed by atoms with van der Waals surface area (Å²) in [7, 11) is 0. The molecule has 4 nitrogen and oxygen atoms in total. The second kappa shape index (κ2) is 5.05. The minimum atomic E-state index is -0.299. The van der Waals surface area contributed by atoms with Crippen molar-refractivity contribution < 1.29 is 5.21 Å². The van der Waals surface area contributed by atoms with E-state index in [1.54, 1.807) is 0 Å². The topological polar surface area (TPSA) is 63.5 Å². The Hall–Kier alpha value is -1.75. The second-order valence-corrected chi connectivity index (χ2v) is 4.53. The standard InChI is InChI=1S/C12H12BrN3O/c13-10-5-3-4-9(8-10)11(12(14)15-17)16-6-1-2-7-16/h1-8,11,17H,(H2,14,15). The van der Waals surface area contributed by atoms with E-state index in [0.29, 0.717) is 0 Å². The largest absolute Gasteiger partial charge is 0.409 e. The monoisotopic (exact) mass is 293 g/mol. The second-order valence-electron chi connectivity index (χ2n) is 3.61. The van der Waals surface area contributed by atoms with Gasteiger partial charge in [-0.3, -0.25) is 0 Å². The Morgan fingerprint density at radius 1 is 1.29 bits per heavy atom. The van der Waals surface area contributed by atoms with Crippen LogP contribution in [0.25, 0.3) is 0 Å². The SMILES string of the molecule is N/C(=N\O)C(c1cccc(Br)c1)n1cccc1. The van der Waals surface area contributed by atoms with Gasteiger partial charge in [0, 0.05) is 16.9 Å². The lowest BCUT2D eigenvalue weighted by Crippen LogP contribution is -2.27. The Morgan fingerprint density at radius 2 is 2.00 bits per heavy atom. The first-order valence-corrected chi connectivity index (χ1v) is 5.87. The number of amidine groups is 1. The van der Waals surface area contributed by atoms with Crippen LogP contribution >= 0.6 is 15.9 Å². The summed E-state index contributed by atoms with van der Waals surface area (Å²) >= 11 is 3.41. The fourth-order valence-corrected chi connectivity index (χ4v) is 2.16. The molecule has 5 heteroatoms. The highest BCUT2D eigenvalue weighted by atomic mass is 79.9. The molecule has 0 spiro atoms. The van der Waals surface area contributed by atoms with Gasteiger partial charge < -0.3 is 15.5 Å². The Labute approximate surface area is 107 Å². The molecule has 0 fully saturated rings. The van der Waals surface area contributed by atoms with E-state index in [2.05, 4.69) is 21.1 Å². The maximum Gasteiger partial charge on any atom is 0.166 e. The van der Waals surface area contributed by atoms with Gasteiger partial charge in [0.1, 0.15) is 6.04 Å². The van der Waals surface area contributed by atoms with Crippen molar-refractivity contribution in [1.29, 1.82) is 0 Å². The number of oxime groups is 1. The zero-order chi connectivity index (χ0) is 12.3. The zero-order valence-corrected chi connectivity index (χ0v) is 10.6. The van der Waals surface area contributed by atoms with Gasteiger partial charge in [0.05, 0.1) is 0 Å². The maximum atomic E-state index is 8.87. The zero-order valence-electron chi connectivity index (χ0n) is 8.99. The van der Waals surface area contributed by atoms with Gasteiger partial charge in [-0.15, -0.1) is 0 Å². The molecule has 0 saturated heterocycles. The molecule has 1 aromatic carbocycles. The molecule has 0 amide bonds. The predicted octanol–water partition coefficient (Wildman–Crippen LogP) is 2.59. The Bertz CT molecular complexity index is 522. The third-order valence-corrected chi connectivity index (χ3v) is 2.98. The fourth-order valence-electron chi connectivity index (χ4n) is 1.75. The summed E-state index contributed by atoms with van der Waals surface area (Å²) in [6.07, 6.45) is 3.76. The first kappa shape index (κ1) is 11.7. The lowest BCUT2D eigenvalue weighted by atomic mass is 10.1. The molecule has 2 aromatic rings. The predicted molar refractivity (Wildman–Crippen MR) is 70.1 cm³/mol. The summed E-state index contributed by atoms with van der Waals surface area (Å²) in [5.74, 6) is 0.152. The molecule has 0 saturated carbocycles. The normalized spacial score (nSPS) is 13.6. The van der Waals surface area contributed by atoms with Crippen LogP contribution in [0.3, 0.4) is 0 Å². The van der Waals surface area contributed by atoms with Crippen molar-refractivity contribution in [2.45, 2.75) is 6.04 Å². The molecule has 1 unspecified atom stereocenters. The van der Waals surface area contributed by atoms with Gasteiger partial charge in [-0.05, 0) is 29.8 Å². The summed E-state index contributed by atoms with van der Waals surface area (Å²) in [4.78, 5) is 0. The third-order valence-electron chi connectivity index (χ3n) is 2.49. The van der Waals surface area contributed by atoms with Gasteiger partial charge in [-0.1, -0.05) is 33.2 Å². The van der Waals surface area contributed by atoms with Gasteiger partial charge in [0.2, 0.25) is 0 Å².